The molecule has 1 aromatic carbocycles. The molecule has 2 aromatic rings. The molecule has 1 aromatic heterocycles. The molecule has 0 aliphatic rings. The van der Waals surface area contributed by atoms with E-state index in [2.05, 4.69) is 10.1 Å². The molecule has 78 valence electrons. The lowest BCUT2D eigenvalue weighted by Gasteiger charge is -2.07. The van der Waals surface area contributed by atoms with Crippen molar-refractivity contribution < 1.29 is 5.11 Å². The molecule has 0 amide bonds. The van der Waals surface area contributed by atoms with Crippen molar-refractivity contribution in [1.29, 1.82) is 0 Å². The third-order valence-corrected chi connectivity index (χ3v) is 2.40. The zero-order chi connectivity index (χ0) is 10.7. The van der Waals surface area contributed by atoms with Crippen molar-refractivity contribution >= 4 is 11.6 Å². The van der Waals surface area contributed by atoms with Crippen LogP contribution in [-0.2, 0) is 0 Å². The third kappa shape index (κ3) is 2.16. The lowest BCUT2D eigenvalue weighted by Crippen LogP contribution is -1.99. The number of hydrogen-bond donors (Lipinski definition) is 1. The highest BCUT2D eigenvalue weighted by molar-refractivity contribution is 6.18. The van der Waals surface area contributed by atoms with E-state index >= 15 is 0 Å². The summed E-state index contributed by atoms with van der Waals surface area (Å²) in [7, 11) is 0. The molecule has 0 spiro atoms. The molecular formula is C10H10ClN3O. The van der Waals surface area contributed by atoms with Crippen LogP contribution in [0.1, 0.15) is 11.7 Å². The fourth-order valence-electron chi connectivity index (χ4n) is 1.28. The standard InChI is InChI=1S/C10H10ClN3O/c11-5-10(15)8-1-3-9(4-2-8)14-7-12-6-13-14/h1-4,6-7,10,15H,5H2/t10-/m0/s1. The van der Waals surface area contributed by atoms with Gasteiger partial charge in [0.1, 0.15) is 12.7 Å². The first-order valence-corrected chi connectivity index (χ1v) is 5.03. The fourth-order valence-corrected chi connectivity index (χ4v) is 1.46. The Morgan fingerprint density at radius 2 is 2.07 bits per heavy atom. The van der Waals surface area contributed by atoms with E-state index in [0.29, 0.717) is 0 Å². The Bertz CT molecular complexity index is 413. The predicted octanol–water partition coefficient (Wildman–Crippen LogP) is 1.54. The second-order valence-electron chi connectivity index (χ2n) is 3.10. The summed E-state index contributed by atoms with van der Waals surface area (Å²) in [6.45, 7) is 0. The Hall–Kier alpha value is -1.39. The summed E-state index contributed by atoms with van der Waals surface area (Å²) in [5.41, 5.74) is 1.70. The van der Waals surface area contributed by atoms with E-state index in [4.69, 9.17) is 11.6 Å². The monoisotopic (exact) mass is 223 g/mol. The van der Waals surface area contributed by atoms with Gasteiger partial charge < -0.3 is 5.11 Å². The molecule has 0 unspecified atom stereocenters. The number of aliphatic hydroxyl groups excluding tert-OH is 1. The lowest BCUT2D eigenvalue weighted by molar-refractivity contribution is 0.202. The van der Waals surface area contributed by atoms with Gasteiger partial charge in [-0.2, -0.15) is 5.10 Å². The van der Waals surface area contributed by atoms with Gasteiger partial charge in [0.2, 0.25) is 0 Å². The number of rotatable bonds is 3. The Morgan fingerprint density at radius 1 is 1.33 bits per heavy atom. The van der Waals surface area contributed by atoms with Gasteiger partial charge in [-0.05, 0) is 17.7 Å². The van der Waals surface area contributed by atoms with Gasteiger partial charge >= 0.3 is 0 Å². The second-order valence-corrected chi connectivity index (χ2v) is 3.41. The predicted molar refractivity (Wildman–Crippen MR) is 57.0 cm³/mol. The van der Waals surface area contributed by atoms with Crippen molar-refractivity contribution in [2.24, 2.45) is 0 Å². The Morgan fingerprint density at radius 3 is 2.60 bits per heavy atom. The first kappa shape index (κ1) is 10.1. The normalized spacial score (nSPS) is 12.7. The molecule has 1 heterocycles. The van der Waals surface area contributed by atoms with E-state index in [0.717, 1.165) is 11.3 Å². The number of alkyl halides is 1. The Balaban J connectivity index is 2.25. The maximum Gasteiger partial charge on any atom is 0.138 e. The van der Waals surface area contributed by atoms with Crippen LogP contribution < -0.4 is 0 Å². The molecule has 0 bridgehead atoms. The van der Waals surface area contributed by atoms with Crippen molar-refractivity contribution in [2.45, 2.75) is 6.10 Å². The molecule has 2 rings (SSSR count). The number of hydrogen-bond acceptors (Lipinski definition) is 3. The minimum absolute atomic E-state index is 0.197. The summed E-state index contributed by atoms with van der Waals surface area (Å²) < 4.78 is 1.65. The van der Waals surface area contributed by atoms with E-state index in [9.17, 15) is 5.11 Å². The highest BCUT2D eigenvalue weighted by Crippen LogP contribution is 2.16. The maximum atomic E-state index is 9.48. The van der Waals surface area contributed by atoms with E-state index in [1.165, 1.54) is 6.33 Å². The average Bonchev–Trinajstić information content (AvgIpc) is 2.82. The fraction of sp³-hybridized carbons (Fsp3) is 0.200. The van der Waals surface area contributed by atoms with E-state index in [1.807, 2.05) is 24.3 Å². The van der Waals surface area contributed by atoms with Crippen molar-refractivity contribution in [2.75, 3.05) is 5.88 Å². The maximum absolute atomic E-state index is 9.48. The van der Waals surface area contributed by atoms with E-state index < -0.39 is 6.10 Å². The number of aliphatic hydroxyl groups is 1. The molecule has 4 nitrogen and oxygen atoms in total. The highest BCUT2D eigenvalue weighted by Gasteiger charge is 2.05. The van der Waals surface area contributed by atoms with Gasteiger partial charge in [-0.15, -0.1) is 11.6 Å². The van der Waals surface area contributed by atoms with E-state index in [-0.39, 0.29) is 5.88 Å². The van der Waals surface area contributed by atoms with Crippen LogP contribution in [0.15, 0.2) is 36.9 Å². The second kappa shape index (κ2) is 4.42. The minimum atomic E-state index is -0.614. The molecule has 15 heavy (non-hydrogen) atoms. The zero-order valence-corrected chi connectivity index (χ0v) is 8.67. The first-order chi connectivity index (χ1) is 7.31. The molecule has 0 aliphatic heterocycles. The van der Waals surface area contributed by atoms with Crippen molar-refractivity contribution in [1.82, 2.24) is 14.8 Å². The van der Waals surface area contributed by atoms with Gasteiger partial charge in [0.25, 0.3) is 0 Å². The number of nitrogens with zero attached hydrogens (tertiary/aromatic N) is 3. The SMILES string of the molecule is O[C@@H](CCl)c1ccc(-n2cncn2)cc1. The molecule has 0 saturated carbocycles. The molecular weight excluding hydrogens is 214 g/mol. The van der Waals surface area contributed by atoms with Crippen LogP contribution in [-0.4, -0.2) is 25.8 Å². The minimum Gasteiger partial charge on any atom is -0.387 e. The summed E-state index contributed by atoms with van der Waals surface area (Å²) in [6, 6.07) is 7.37. The van der Waals surface area contributed by atoms with Crippen LogP contribution >= 0.6 is 11.6 Å². The molecule has 1 N–H and O–H groups in total. The smallest absolute Gasteiger partial charge is 0.138 e. The summed E-state index contributed by atoms with van der Waals surface area (Å²) >= 11 is 5.55. The highest BCUT2D eigenvalue weighted by atomic mass is 35.5. The van der Waals surface area contributed by atoms with Crippen LogP contribution in [0.5, 0.6) is 0 Å². The summed E-state index contributed by atoms with van der Waals surface area (Å²) in [6.07, 6.45) is 2.48. The Kier molecular flexibility index (Phi) is 2.99. The lowest BCUT2D eigenvalue weighted by atomic mass is 10.1. The van der Waals surface area contributed by atoms with Gasteiger partial charge in [-0.3, -0.25) is 0 Å². The van der Waals surface area contributed by atoms with Crippen LogP contribution in [0.25, 0.3) is 5.69 Å². The van der Waals surface area contributed by atoms with Gasteiger partial charge in [0, 0.05) is 0 Å². The van der Waals surface area contributed by atoms with Crippen molar-refractivity contribution in [3.8, 4) is 5.69 Å². The first-order valence-electron chi connectivity index (χ1n) is 4.50. The molecule has 0 radical (unpaired) electrons. The average molecular weight is 224 g/mol. The van der Waals surface area contributed by atoms with Crippen LogP contribution in [0, 0.1) is 0 Å². The number of halogens is 1. The quantitative estimate of drug-likeness (QED) is 0.804. The molecule has 0 aliphatic carbocycles. The molecule has 5 heteroatoms. The van der Waals surface area contributed by atoms with Crippen LogP contribution in [0.4, 0.5) is 0 Å². The molecule has 0 fully saturated rings. The van der Waals surface area contributed by atoms with E-state index in [1.54, 1.807) is 11.0 Å². The molecule has 1 atom stereocenters. The van der Waals surface area contributed by atoms with Gasteiger partial charge in [0.15, 0.2) is 0 Å². The van der Waals surface area contributed by atoms with Crippen LogP contribution in [0.3, 0.4) is 0 Å². The largest absolute Gasteiger partial charge is 0.387 e. The topological polar surface area (TPSA) is 50.9 Å². The zero-order valence-electron chi connectivity index (χ0n) is 7.92. The summed E-state index contributed by atoms with van der Waals surface area (Å²) in [5, 5.41) is 13.5. The Labute approximate surface area is 92.1 Å². The van der Waals surface area contributed by atoms with Crippen molar-refractivity contribution in [3.63, 3.8) is 0 Å². The molecule has 0 saturated heterocycles. The number of benzene rings is 1. The van der Waals surface area contributed by atoms with Gasteiger partial charge in [-0.25, -0.2) is 9.67 Å². The van der Waals surface area contributed by atoms with Gasteiger partial charge in [-0.1, -0.05) is 12.1 Å². The van der Waals surface area contributed by atoms with Gasteiger partial charge in [0.05, 0.1) is 17.7 Å². The van der Waals surface area contributed by atoms with Crippen LogP contribution in [0.2, 0.25) is 0 Å². The summed E-state index contributed by atoms with van der Waals surface area (Å²) in [4.78, 5) is 3.85. The third-order valence-electron chi connectivity index (χ3n) is 2.11. The van der Waals surface area contributed by atoms with Crippen molar-refractivity contribution in [3.05, 3.63) is 42.5 Å². The number of aromatic nitrogens is 3. The summed E-state index contributed by atoms with van der Waals surface area (Å²) in [5.74, 6) is 0.197.